The number of pyridine rings is 1. The van der Waals surface area contributed by atoms with Gasteiger partial charge in [-0.25, -0.2) is 8.78 Å². The number of anilines is 1. The van der Waals surface area contributed by atoms with Gasteiger partial charge in [-0.2, -0.15) is 5.10 Å². The van der Waals surface area contributed by atoms with Gasteiger partial charge < -0.3 is 11.1 Å². The summed E-state index contributed by atoms with van der Waals surface area (Å²) in [4.78, 5) is 29.7. The van der Waals surface area contributed by atoms with Crippen molar-refractivity contribution in [2.45, 2.75) is 57.9 Å². The van der Waals surface area contributed by atoms with Crippen LogP contribution in [0.2, 0.25) is 5.02 Å². The van der Waals surface area contributed by atoms with Crippen molar-refractivity contribution in [2.24, 2.45) is 11.7 Å². The number of rotatable bonds is 7. The molecule has 2 amide bonds. The van der Waals surface area contributed by atoms with Crippen LogP contribution in [0.4, 0.5) is 14.5 Å². The van der Waals surface area contributed by atoms with E-state index in [1.165, 1.54) is 10.7 Å². The summed E-state index contributed by atoms with van der Waals surface area (Å²) >= 11 is 6.35. The average molecular weight is 516 g/mol. The molecule has 1 fully saturated rings. The maximum atomic E-state index is 13.9. The Morgan fingerprint density at radius 1 is 1.22 bits per heavy atom. The summed E-state index contributed by atoms with van der Waals surface area (Å²) in [7, 11) is 0. The Balaban J connectivity index is 1.61. The first-order valence-corrected chi connectivity index (χ1v) is 12.2. The van der Waals surface area contributed by atoms with E-state index >= 15 is 0 Å². The van der Waals surface area contributed by atoms with Gasteiger partial charge in [-0.15, -0.1) is 0 Å². The molecule has 0 spiro atoms. The van der Waals surface area contributed by atoms with Crippen LogP contribution in [0.3, 0.4) is 0 Å². The molecule has 0 saturated heterocycles. The lowest BCUT2D eigenvalue weighted by molar-refractivity contribution is -0.120. The fraction of sp³-hybridized carbons (Fsp3) is 0.385. The number of benzene rings is 1. The van der Waals surface area contributed by atoms with E-state index in [9.17, 15) is 18.4 Å². The van der Waals surface area contributed by atoms with E-state index < -0.39 is 17.7 Å². The number of hydrogen-bond acceptors (Lipinski definition) is 4. The molecule has 36 heavy (non-hydrogen) atoms. The Bertz CT molecular complexity index is 1250. The molecule has 0 aliphatic heterocycles. The topological polar surface area (TPSA) is 103 Å². The highest BCUT2D eigenvalue weighted by Gasteiger charge is 2.41. The first-order valence-electron chi connectivity index (χ1n) is 11.9. The molecule has 1 aliphatic carbocycles. The molecule has 1 saturated carbocycles. The van der Waals surface area contributed by atoms with Crippen molar-refractivity contribution < 1.29 is 18.4 Å². The summed E-state index contributed by atoms with van der Waals surface area (Å²) in [6.07, 6.45) is 1.40. The number of primary amides is 1. The maximum absolute atomic E-state index is 13.9. The molecular formula is C26H28ClF2N5O2. The van der Waals surface area contributed by atoms with Crippen LogP contribution in [0.5, 0.6) is 0 Å². The number of nitrogens with zero attached hydrogens (tertiary/aromatic N) is 3. The van der Waals surface area contributed by atoms with Gasteiger partial charge in [0.1, 0.15) is 5.69 Å². The van der Waals surface area contributed by atoms with Gasteiger partial charge in [-0.1, -0.05) is 23.7 Å². The van der Waals surface area contributed by atoms with Crippen molar-refractivity contribution in [1.82, 2.24) is 14.8 Å². The van der Waals surface area contributed by atoms with E-state index in [2.05, 4.69) is 15.4 Å². The molecule has 4 rings (SSSR count). The second-order valence-corrected chi connectivity index (χ2v) is 9.53. The second kappa shape index (κ2) is 10.3. The molecule has 2 aromatic heterocycles. The number of halogens is 3. The number of carbonyl (C=O) groups is 2. The molecule has 1 aliphatic rings. The SMILES string of the molecule is CCn1nc([C@H](C(=O)Nc2ccc(-c3c(Cl)ccnc3C)cc2)C2CCC(F)(F)CC2)cc1C(N)=O. The lowest BCUT2D eigenvalue weighted by Gasteiger charge is -2.32. The van der Waals surface area contributed by atoms with Crippen molar-refractivity contribution >= 4 is 29.1 Å². The summed E-state index contributed by atoms with van der Waals surface area (Å²) in [5, 5.41) is 7.92. The molecule has 3 N–H and O–H groups in total. The van der Waals surface area contributed by atoms with Crippen molar-refractivity contribution in [3.05, 3.63) is 64.7 Å². The van der Waals surface area contributed by atoms with Crippen LogP contribution in [0.15, 0.2) is 42.6 Å². The molecular weight excluding hydrogens is 488 g/mol. The summed E-state index contributed by atoms with van der Waals surface area (Å²) in [6, 6.07) is 10.4. The van der Waals surface area contributed by atoms with E-state index in [1.807, 2.05) is 19.1 Å². The van der Waals surface area contributed by atoms with Crippen LogP contribution in [-0.4, -0.2) is 32.5 Å². The Morgan fingerprint density at radius 2 is 1.89 bits per heavy atom. The third-order valence-electron chi connectivity index (χ3n) is 6.72. The quantitative estimate of drug-likeness (QED) is 0.429. The zero-order chi connectivity index (χ0) is 26.0. The molecule has 190 valence electrons. The Kier molecular flexibility index (Phi) is 7.40. The predicted molar refractivity (Wildman–Crippen MR) is 134 cm³/mol. The monoisotopic (exact) mass is 515 g/mol. The van der Waals surface area contributed by atoms with E-state index in [0.29, 0.717) is 22.9 Å². The minimum Gasteiger partial charge on any atom is -0.364 e. The molecule has 1 atom stereocenters. The van der Waals surface area contributed by atoms with E-state index in [4.69, 9.17) is 17.3 Å². The molecule has 0 bridgehead atoms. The van der Waals surface area contributed by atoms with Gasteiger partial charge in [0.15, 0.2) is 0 Å². The average Bonchev–Trinajstić information content (AvgIpc) is 3.25. The van der Waals surface area contributed by atoms with Gasteiger partial charge in [0.25, 0.3) is 5.91 Å². The molecule has 1 aromatic carbocycles. The highest BCUT2D eigenvalue weighted by molar-refractivity contribution is 6.33. The van der Waals surface area contributed by atoms with Crippen molar-refractivity contribution in [3.8, 4) is 11.1 Å². The number of nitrogens with one attached hydrogen (secondary N) is 1. The molecule has 10 heteroatoms. The van der Waals surface area contributed by atoms with Gasteiger partial charge in [0, 0.05) is 42.5 Å². The molecule has 2 heterocycles. The maximum Gasteiger partial charge on any atom is 0.266 e. The first-order chi connectivity index (χ1) is 17.1. The molecule has 3 aromatic rings. The number of amides is 2. The Labute approximate surface area is 213 Å². The number of aryl methyl sites for hydroxylation is 2. The van der Waals surface area contributed by atoms with Crippen LogP contribution < -0.4 is 11.1 Å². The summed E-state index contributed by atoms with van der Waals surface area (Å²) in [5.41, 5.74) is 9.00. The Morgan fingerprint density at radius 3 is 2.44 bits per heavy atom. The fourth-order valence-electron chi connectivity index (χ4n) is 4.84. The third kappa shape index (κ3) is 5.41. The highest BCUT2D eigenvalue weighted by atomic mass is 35.5. The summed E-state index contributed by atoms with van der Waals surface area (Å²) < 4.78 is 29.2. The van der Waals surface area contributed by atoms with Crippen LogP contribution in [-0.2, 0) is 11.3 Å². The normalized spacial score (nSPS) is 16.5. The molecule has 0 radical (unpaired) electrons. The van der Waals surface area contributed by atoms with Crippen molar-refractivity contribution in [3.63, 3.8) is 0 Å². The number of alkyl halides is 2. The number of carbonyl (C=O) groups excluding carboxylic acids is 2. The van der Waals surface area contributed by atoms with E-state index in [0.717, 1.165) is 16.8 Å². The molecule has 0 unspecified atom stereocenters. The second-order valence-electron chi connectivity index (χ2n) is 9.13. The number of hydrogen-bond donors (Lipinski definition) is 2. The standard InChI is InChI=1S/C26H28ClF2N5O2/c1-3-34-21(24(30)35)14-20(33-34)23(17-8-11-26(28,29)12-9-17)25(36)32-18-6-4-16(5-7-18)22-15(2)31-13-10-19(22)27/h4-7,10,13-14,17,23H,3,8-9,11-12H2,1-2H3,(H2,30,35)(H,32,36)/t23-/m1/s1. The number of nitrogens with two attached hydrogens (primary N) is 1. The molecule has 7 nitrogen and oxygen atoms in total. The lowest BCUT2D eigenvalue weighted by Crippen LogP contribution is -2.33. The minimum atomic E-state index is -2.74. The van der Waals surface area contributed by atoms with Gasteiger partial charge in [-0.3, -0.25) is 19.3 Å². The largest absolute Gasteiger partial charge is 0.364 e. The Hall–Kier alpha value is -3.33. The zero-order valence-corrected chi connectivity index (χ0v) is 20.9. The smallest absolute Gasteiger partial charge is 0.266 e. The van der Waals surface area contributed by atoms with Crippen molar-refractivity contribution in [2.75, 3.05) is 5.32 Å². The fourth-order valence-corrected chi connectivity index (χ4v) is 5.14. The highest BCUT2D eigenvalue weighted by Crippen LogP contribution is 2.42. The van der Waals surface area contributed by atoms with Crippen LogP contribution in [0.1, 0.15) is 60.4 Å². The van der Waals surface area contributed by atoms with Gasteiger partial charge in [0.05, 0.1) is 16.6 Å². The van der Waals surface area contributed by atoms with Crippen LogP contribution in [0.25, 0.3) is 11.1 Å². The third-order valence-corrected chi connectivity index (χ3v) is 7.03. The number of aromatic nitrogens is 3. The summed E-state index contributed by atoms with van der Waals surface area (Å²) in [5.74, 6) is -4.92. The first kappa shape index (κ1) is 25.8. The van der Waals surface area contributed by atoms with E-state index in [1.54, 1.807) is 31.3 Å². The van der Waals surface area contributed by atoms with E-state index in [-0.39, 0.29) is 43.2 Å². The zero-order valence-electron chi connectivity index (χ0n) is 20.1. The van der Waals surface area contributed by atoms with Gasteiger partial charge in [0.2, 0.25) is 11.8 Å². The van der Waals surface area contributed by atoms with Crippen molar-refractivity contribution in [1.29, 1.82) is 0 Å². The van der Waals surface area contributed by atoms with Crippen LogP contribution >= 0.6 is 11.6 Å². The summed E-state index contributed by atoms with van der Waals surface area (Å²) in [6.45, 7) is 4.05. The van der Waals surface area contributed by atoms with Crippen LogP contribution in [0, 0.1) is 12.8 Å². The lowest BCUT2D eigenvalue weighted by atomic mass is 9.76. The minimum absolute atomic E-state index is 0.174. The van der Waals surface area contributed by atoms with Gasteiger partial charge >= 0.3 is 0 Å². The predicted octanol–water partition coefficient (Wildman–Crippen LogP) is 5.57. The van der Waals surface area contributed by atoms with Gasteiger partial charge in [-0.05, 0) is 62.4 Å².